The van der Waals surface area contributed by atoms with Crippen LogP contribution in [0.25, 0.3) is 55.3 Å². The lowest BCUT2D eigenvalue weighted by molar-refractivity contribution is 0.801. The first-order valence-corrected chi connectivity index (χ1v) is 14.9. The van der Waals surface area contributed by atoms with E-state index in [1.165, 1.54) is 49.9 Å². The number of hydrogen-bond donors (Lipinski definition) is 0. The number of fused-ring (bicyclic) bond motifs is 12. The molecule has 0 atom stereocenters. The van der Waals surface area contributed by atoms with Gasteiger partial charge < -0.3 is 0 Å². The van der Waals surface area contributed by atoms with E-state index in [1.807, 2.05) is 24.3 Å². The van der Waals surface area contributed by atoms with Crippen LogP contribution < -0.4 is 0 Å². The average molecular weight is 571 g/mol. The number of aromatic nitrogens is 2. The van der Waals surface area contributed by atoms with Crippen molar-refractivity contribution >= 4 is 10.8 Å². The van der Waals surface area contributed by atoms with Crippen LogP contribution in [0.3, 0.4) is 0 Å². The minimum atomic E-state index is -0.523. The van der Waals surface area contributed by atoms with Gasteiger partial charge in [-0.3, -0.25) is 0 Å². The predicted octanol–water partition coefficient (Wildman–Crippen LogP) is 9.05. The molecule has 45 heavy (non-hydrogen) atoms. The van der Waals surface area contributed by atoms with E-state index in [-0.39, 0.29) is 0 Å². The smallest absolute Gasteiger partial charge is 0.141 e. The van der Waals surface area contributed by atoms with E-state index < -0.39 is 5.41 Å². The van der Waals surface area contributed by atoms with Crippen LogP contribution in [0.4, 0.5) is 0 Å². The molecule has 2 aromatic heterocycles. The number of hydrogen-bond acceptors (Lipinski definition) is 4. The third kappa shape index (κ3) is 3.40. The minimum Gasteiger partial charge on any atom is -0.246 e. The van der Waals surface area contributed by atoms with Crippen LogP contribution in [0, 0.1) is 22.7 Å². The molecule has 0 saturated carbocycles. The van der Waals surface area contributed by atoms with Crippen molar-refractivity contribution in [2.45, 2.75) is 5.41 Å². The Balaban J connectivity index is 1.37. The molecule has 206 valence electrons. The molecule has 0 amide bonds. The van der Waals surface area contributed by atoms with Crippen LogP contribution in [-0.4, -0.2) is 9.97 Å². The van der Waals surface area contributed by atoms with Gasteiger partial charge in [-0.15, -0.1) is 0 Å². The molecule has 9 rings (SSSR count). The SMILES string of the molecule is N#Cc1cc(-c2ccc3c(c2)C2(c4ccccc4-c4ccccc42)c2c-3ccc3cc(-c4ccnc(C#N)c4)ccc23)ccn1. The summed E-state index contributed by atoms with van der Waals surface area (Å²) in [6.45, 7) is 0. The van der Waals surface area contributed by atoms with Crippen molar-refractivity contribution in [3.05, 3.63) is 167 Å². The molecule has 4 nitrogen and oxygen atoms in total. The average Bonchev–Trinajstić information content (AvgIpc) is 3.58. The monoisotopic (exact) mass is 570 g/mol. The van der Waals surface area contributed by atoms with Crippen LogP contribution in [0.2, 0.25) is 0 Å². The van der Waals surface area contributed by atoms with Gasteiger partial charge in [-0.2, -0.15) is 10.5 Å². The first kappa shape index (κ1) is 25.2. The van der Waals surface area contributed by atoms with Gasteiger partial charge in [-0.1, -0.05) is 84.9 Å². The van der Waals surface area contributed by atoms with Crippen molar-refractivity contribution in [2.24, 2.45) is 0 Å². The summed E-state index contributed by atoms with van der Waals surface area (Å²) in [7, 11) is 0. The van der Waals surface area contributed by atoms with Crippen molar-refractivity contribution < 1.29 is 0 Å². The number of benzene rings is 5. The van der Waals surface area contributed by atoms with E-state index in [4.69, 9.17) is 0 Å². The van der Waals surface area contributed by atoms with E-state index in [2.05, 4.69) is 119 Å². The molecule has 0 bridgehead atoms. The zero-order valence-electron chi connectivity index (χ0n) is 24.0. The van der Waals surface area contributed by atoms with Crippen LogP contribution >= 0.6 is 0 Å². The van der Waals surface area contributed by atoms with Gasteiger partial charge in [-0.05, 0) is 114 Å². The van der Waals surface area contributed by atoms with Crippen LogP contribution in [-0.2, 0) is 5.41 Å². The van der Waals surface area contributed by atoms with Crippen LogP contribution in [0.1, 0.15) is 33.6 Å². The maximum atomic E-state index is 9.56. The molecule has 0 unspecified atom stereocenters. The summed E-state index contributed by atoms with van der Waals surface area (Å²) in [6, 6.07) is 47.4. The molecule has 0 N–H and O–H groups in total. The summed E-state index contributed by atoms with van der Waals surface area (Å²) >= 11 is 0. The Kier molecular flexibility index (Phi) is 5.21. The summed E-state index contributed by atoms with van der Waals surface area (Å²) in [5.41, 5.74) is 14.4. The highest BCUT2D eigenvalue weighted by Crippen LogP contribution is 2.64. The van der Waals surface area contributed by atoms with E-state index in [0.717, 1.165) is 27.6 Å². The number of rotatable bonds is 2. The van der Waals surface area contributed by atoms with Crippen molar-refractivity contribution in [3.8, 4) is 56.6 Å². The summed E-state index contributed by atoms with van der Waals surface area (Å²) < 4.78 is 0. The number of pyridine rings is 2. The van der Waals surface area contributed by atoms with Gasteiger partial charge in [0.05, 0.1) is 5.41 Å². The summed E-state index contributed by atoms with van der Waals surface area (Å²) in [5, 5.41) is 21.3. The third-order valence-corrected chi connectivity index (χ3v) is 9.48. The molecule has 0 radical (unpaired) electrons. The first-order chi connectivity index (χ1) is 22.2. The summed E-state index contributed by atoms with van der Waals surface area (Å²) in [4.78, 5) is 8.38. The predicted molar refractivity (Wildman–Crippen MR) is 176 cm³/mol. The maximum absolute atomic E-state index is 9.56. The molecule has 4 heteroatoms. The molecule has 5 aromatic carbocycles. The van der Waals surface area contributed by atoms with Gasteiger partial charge in [-0.25, -0.2) is 9.97 Å². The zero-order valence-corrected chi connectivity index (χ0v) is 24.0. The van der Waals surface area contributed by atoms with E-state index in [9.17, 15) is 10.5 Å². The maximum Gasteiger partial charge on any atom is 0.141 e. The Morgan fingerprint density at radius 1 is 0.467 bits per heavy atom. The first-order valence-electron chi connectivity index (χ1n) is 14.9. The van der Waals surface area contributed by atoms with Gasteiger partial charge >= 0.3 is 0 Å². The fourth-order valence-electron chi connectivity index (χ4n) is 7.68. The second-order valence-electron chi connectivity index (χ2n) is 11.6. The molecule has 0 aliphatic heterocycles. The molecule has 0 saturated heterocycles. The third-order valence-electron chi connectivity index (χ3n) is 9.48. The molecule has 2 aliphatic rings. The quantitative estimate of drug-likeness (QED) is 0.208. The topological polar surface area (TPSA) is 73.4 Å². The van der Waals surface area contributed by atoms with Gasteiger partial charge in [0.2, 0.25) is 0 Å². The number of nitrogens with zero attached hydrogens (tertiary/aromatic N) is 4. The van der Waals surface area contributed by atoms with Crippen molar-refractivity contribution in [3.63, 3.8) is 0 Å². The van der Waals surface area contributed by atoms with E-state index >= 15 is 0 Å². The van der Waals surface area contributed by atoms with Crippen molar-refractivity contribution in [2.75, 3.05) is 0 Å². The van der Waals surface area contributed by atoms with Gasteiger partial charge in [0.15, 0.2) is 0 Å². The molecule has 2 aliphatic carbocycles. The highest BCUT2D eigenvalue weighted by Gasteiger charge is 2.52. The van der Waals surface area contributed by atoms with Crippen molar-refractivity contribution in [1.29, 1.82) is 10.5 Å². The largest absolute Gasteiger partial charge is 0.246 e. The second-order valence-corrected chi connectivity index (χ2v) is 11.6. The van der Waals surface area contributed by atoms with E-state index in [1.54, 1.807) is 12.4 Å². The Bertz CT molecular complexity index is 2430. The van der Waals surface area contributed by atoms with Crippen LogP contribution in [0.5, 0.6) is 0 Å². The second kappa shape index (κ2) is 9.32. The lowest BCUT2D eigenvalue weighted by atomic mass is 9.69. The number of nitriles is 2. The molecule has 2 heterocycles. The van der Waals surface area contributed by atoms with Gasteiger partial charge in [0.25, 0.3) is 0 Å². The fraction of sp³-hybridized carbons (Fsp3) is 0.0244. The van der Waals surface area contributed by atoms with Gasteiger partial charge in [0, 0.05) is 12.4 Å². The zero-order chi connectivity index (χ0) is 30.1. The molecule has 1 spiro atoms. The van der Waals surface area contributed by atoms with E-state index in [0.29, 0.717) is 11.4 Å². The molecule has 7 aromatic rings. The summed E-state index contributed by atoms with van der Waals surface area (Å²) in [6.07, 6.45) is 3.40. The standard InChI is InChI=1S/C41H22N4/c42-23-30-20-27(15-17-44-30)25-9-12-32-29(19-25)11-14-36-35-13-10-26(28-16-18-45-31(21-28)24-43)22-39(35)41(40(32)36)37-7-3-1-5-33(37)34-6-2-4-8-38(34)41/h1-22H. The normalized spacial score (nSPS) is 13.0. The van der Waals surface area contributed by atoms with Crippen LogP contribution in [0.15, 0.2) is 134 Å². The molecular formula is C41H22N4. The lowest BCUT2D eigenvalue weighted by Crippen LogP contribution is -2.26. The van der Waals surface area contributed by atoms with Gasteiger partial charge in [0.1, 0.15) is 23.5 Å². The highest BCUT2D eigenvalue weighted by molar-refractivity contribution is 6.05. The van der Waals surface area contributed by atoms with Crippen molar-refractivity contribution in [1.82, 2.24) is 9.97 Å². The minimum absolute atomic E-state index is 0.403. The summed E-state index contributed by atoms with van der Waals surface area (Å²) in [5.74, 6) is 0. The Labute approximate surface area is 260 Å². The molecule has 0 fully saturated rings. The fourth-order valence-corrected chi connectivity index (χ4v) is 7.68. The Morgan fingerprint density at radius 2 is 1.00 bits per heavy atom. The molecular weight excluding hydrogens is 548 g/mol. The lowest BCUT2D eigenvalue weighted by Gasteiger charge is -2.31. The highest BCUT2D eigenvalue weighted by atomic mass is 14.7. The Morgan fingerprint density at radius 3 is 1.64 bits per heavy atom. The Hall–Kier alpha value is -6.36.